The van der Waals surface area contributed by atoms with Crippen LogP contribution in [-0.4, -0.2) is 24.2 Å². The number of aromatic carboxylic acids is 1. The third-order valence-corrected chi connectivity index (χ3v) is 4.49. The largest absolute Gasteiger partial charge is 0.477 e. The molecule has 1 aliphatic heterocycles. The van der Waals surface area contributed by atoms with Crippen molar-refractivity contribution in [2.75, 3.05) is 18.0 Å². The van der Waals surface area contributed by atoms with Crippen LogP contribution in [0.5, 0.6) is 0 Å². The van der Waals surface area contributed by atoms with Gasteiger partial charge in [-0.15, -0.1) is 11.3 Å². The zero-order valence-corrected chi connectivity index (χ0v) is 11.0. The minimum absolute atomic E-state index is 0.441. The lowest BCUT2D eigenvalue weighted by atomic mass is 9.98. The van der Waals surface area contributed by atoms with Crippen LogP contribution in [0.2, 0.25) is 0 Å². The van der Waals surface area contributed by atoms with Crippen molar-refractivity contribution in [2.45, 2.75) is 32.6 Å². The van der Waals surface area contributed by atoms with E-state index in [2.05, 4.69) is 11.8 Å². The second kappa shape index (κ2) is 5.54. The van der Waals surface area contributed by atoms with E-state index < -0.39 is 5.97 Å². The first-order chi connectivity index (χ1) is 8.20. The maximum atomic E-state index is 10.9. The van der Waals surface area contributed by atoms with Crippen LogP contribution in [0.4, 0.5) is 5.69 Å². The van der Waals surface area contributed by atoms with Crippen molar-refractivity contribution >= 4 is 23.0 Å². The SMILES string of the molecule is CCC1CCCN(c2csc(C(=O)O)c2)CC1. The van der Waals surface area contributed by atoms with Gasteiger partial charge in [0.1, 0.15) is 4.88 Å². The summed E-state index contributed by atoms with van der Waals surface area (Å²) in [5, 5.41) is 10.9. The molecule has 1 aromatic heterocycles. The third-order valence-electron chi connectivity index (χ3n) is 3.59. The Morgan fingerprint density at radius 3 is 3.00 bits per heavy atom. The predicted molar refractivity (Wildman–Crippen MR) is 71.1 cm³/mol. The fourth-order valence-electron chi connectivity index (χ4n) is 2.44. The Bertz CT molecular complexity index is 389. The van der Waals surface area contributed by atoms with Gasteiger partial charge in [-0.1, -0.05) is 13.3 Å². The maximum absolute atomic E-state index is 10.9. The summed E-state index contributed by atoms with van der Waals surface area (Å²) >= 11 is 1.32. The molecule has 0 saturated carbocycles. The smallest absolute Gasteiger partial charge is 0.345 e. The second-order valence-electron chi connectivity index (χ2n) is 4.67. The molecule has 1 unspecified atom stereocenters. The summed E-state index contributed by atoms with van der Waals surface area (Å²) in [4.78, 5) is 13.6. The molecule has 1 N–H and O–H groups in total. The summed E-state index contributed by atoms with van der Waals surface area (Å²) in [5.74, 6) is 0.0279. The number of anilines is 1. The van der Waals surface area contributed by atoms with Gasteiger partial charge in [-0.2, -0.15) is 0 Å². The molecule has 1 aliphatic rings. The number of rotatable bonds is 3. The van der Waals surface area contributed by atoms with Gasteiger partial charge < -0.3 is 10.0 Å². The Balaban J connectivity index is 2.03. The number of hydrogen-bond acceptors (Lipinski definition) is 3. The Morgan fingerprint density at radius 2 is 2.35 bits per heavy atom. The van der Waals surface area contributed by atoms with Crippen LogP contribution in [0.15, 0.2) is 11.4 Å². The molecule has 0 aromatic carbocycles. The van der Waals surface area contributed by atoms with Gasteiger partial charge in [-0.3, -0.25) is 0 Å². The molecule has 4 heteroatoms. The van der Waals surface area contributed by atoms with Gasteiger partial charge in [0.05, 0.1) is 0 Å². The Hall–Kier alpha value is -1.03. The normalized spacial score (nSPS) is 21.2. The van der Waals surface area contributed by atoms with Crippen molar-refractivity contribution < 1.29 is 9.90 Å². The first-order valence-electron chi connectivity index (χ1n) is 6.27. The van der Waals surface area contributed by atoms with E-state index in [0.29, 0.717) is 4.88 Å². The number of thiophene rings is 1. The quantitative estimate of drug-likeness (QED) is 0.896. The molecule has 0 spiro atoms. The lowest BCUT2D eigenvalue weighted by molar-refractivity contribution is 0.0702. The highest BCUT2D eigenvalue weighted by Crippen LogP contribution is 2.28. The van der Waals surface area contributed by atoms with Crippen molar-refractivity contribution in [1.82, 2.24) is 0 Å². The standard InChI is InChI=1S/C13H19NO2S/c1-2-10-4-3-6-14(7-5-10)11-8-12(13(15)16)17-9-11/h8-10H,2-7H2,1H3,(H,15,16). The summed E-state index contributed by atoms with van der Waals surface area (Å²) < 4.78 is 0. The van der Waals surface area contributed by atoms with Gasteiger partial charge in [0.15, 0.2) is 0 Å². The van der Waals surface area contributed by atoms with Gasteiger partial charge in [0.25, 0.3) is 0 Å². The summed E-state index contributed by atoms with van der Waals surface area (Å²) in [6, 6.07) is 1.80. The van der Waals surface area contributed by atoms with Gasteiger partial charge in [-0.25, -0.2) is 4.79 Å². The molecule has 0 bridgehead atoms. The lowest BCUT2D eigenvalue weighted by Gasteiger charge is -2.21. The Kier molecular flexibility index (Phi) is 4.05. The van der Waals surface area contributed by atoms with Crippen LogP contribution in [0.3, 0.4) is 0 Å². The summed E-state index contributed by atoms with van der Waals surface area (Å²) in [7, 11) is 0. The van der Waals surface area contributed by atoms with E-state index in [0.717, 1.165) is 24.7 Å². The van der Waals surface area contributed by atoms with Crippen LogP contribution in [0.25, 0.3) is 0 Å². The average molecular weight is 253 g/mol. The van der Waals surface area contributed by atoms with Gasteiger partial charge in [-0.05, 0) is 31.2 Å². The molecule has 2 rings (SSSR count). The van der Waals surface area contributed by atoms with Crippen molar-refractivity contribution in [3.63, 3.8) is 0 Å². The zero-order chi connectivity index (χ0) is 12.3. The predicted octanol–water partition coefficient (Wildman–Crippen LogP) is 3.46. The highest BCUT2D eigenvalue weighted by Gasteiger charge is 2.17. The average Bonchev–Trinajstić information content (AvgIpc) is 2.68. The molecular weight excluding hydrogens is 234 g/mol. The highest BCUT2D eigenvalue weighted by atomic mass is 32.1. The van der Waals surface area contributed by atoms with Crippen LogP contribution in [-0.2, 0) is 0 Å². The summed E-state index contributed by atoms with van der Waals surface area (Å²) in [6.45, 7) is 4.38. The molecule has 1 fully saturated rings. The second-order valence-corrected chi connectivity index (χ2v) is 5.58. The van der Waals surface area contributed by atoms with Crippen LogP contribution in [0, 0.1) is 5.92 Å². The first-order valence-corrected chi connectivity index (χ1v) is 7.15. The minimum Gasteiger partial charge on any atom is -0.477 e. The van der Waals surface area contributed by atoms with Gasteiger partial charge in [0.2, 0.25) is 0 Å². The lowest BCUT2D eigenvalue weighted by Crippen LogP contribution is -2.23. The molecule has 0 aliphatic carbocycles. The van der Waals surface area contributed by atoms with Crippen molar-refractivity contribution in [3.05, 3.63) is 16.3 Å². The van der Waals surface area contributed by atoms with Crippen LogP contribution in [0.1, 0.15) is 42.3 Å². The molecule has 0 radical (unpaired) electrons. The minimum atomic E-state index is -0.817. The molecule has 17 heavy (non-hydrogen) atoms. The van der Waals surface area contributed by atoms with E-state index in [1.54, 1.807) is 6.07 Å². The van der Waals surface area contributed by atoms with E-state index in [1.165, 1.54) is 37.0 Å². The van der Waals surface area contributed by atoms with E-state index in [9.17, 15) is 4.79 Å². The zero-order valence-electron chi connectivity index (χ0n) is 10.2. The van der Waals surface area contributed by atoms with Crippen LogP contribution < -0.4 is 4.90 Å². The molecule has 1 aromatic rings. The van der Waals surface area contributed by atoms with Crippen LogP contribution >= 0.6 is 11.3 Å². The fraction of sp³-hybridized carbons (Fsp3) is 0.615. The highest BCUT2D eigenvalue weighted by molar-refractivity contribution is 7.12. The molecule has 3 nitrogen and oxygen atoms in total. The van der Waals surface area contributed by atoms with Gasteiger partial charge >= 0.3 is 5.97 Å². The van der Waals surface area contributed by atoms with Gasteiger partial charge in [0, 0.05) is 24.2 Å². The molecule has 1 atom stereocenters. The van der Waals surface area contributed by atoms with Crippen molar-refractivity contribution in [1.29, 1.82) is 0 Å². The Morgan fingerprint density at radius 1 is 1.53 bits per heavy atom. The topological polar surface area (TPSA) is 40.5 Å². The maximum Gasteiger partial charge on any atom is 0.345 e. The molecule has 0 amide bonds. The van der Waals surface area contributed by atoms with E-state index in [1.807, 2.05) is 5.38 Å². The third kappa shape index (κ3) is 3.00. The molecule has 2 heterocycles. The van der Waals surface area contributed by atoms with Crippen molar-refractivity contribution in [3.8, 4) is 0 Å². The molecule has 94 valence electrons. The van der Waals surface area contributed by atoms with E-state index >= 15 is 0 Å². The monoisotopic (exact) mass is 253 g/mol. The summed E-state index contributed by atoms with van der Waals surface area (Å²) in [5.41, 5.74) is 1.09. The first kappa shape index (κ1) is 12.4. The number of hydrogen-bond donors (Lipinski definition) is 1. The number of carboxylic acids is 1. The molecule has 1 saturated heterocycles. The molecular formula is C13H19NO2S. The van der Waals surface area contributed by atoms with E-state index in [4.69, 9.17) is 5.11 Å². The number of carboxylic acid groups (broad SMARTS) is 1. The Labute approximate surface area is 106 Å². The fourth-order valence-corrected chi connectivity index (χ4v) is 3.19. The number of nitrogens with zero attached hydrogens (tertiary/aromatic N) is 1. The van der Waals surface area contributed by atoms with Crippen molar-refractivity contribution in [2.24, 2.45) is 5.92 Å². The van der Waals surface area contributed by atoms with E-state index in [-0.39, 0.29) is 0 Å². The number of carbonyl (C=O) groups is 1. The summed E-state index contributed by atoms with van der Waals surface area (Å²) in [6.07, 6.45) is 5.02.